The number of likely N-dealkylation sites (tertiary alicyclic amines) is 1. The highest BCUT2D eigenvalue weighted by Crippen LogP contribution is 2.17. The van der Waals surface area contributed by atoms with Gasteiger partial charge in [0.1, 0.15) is 5.75 Å². The zero-order valence-corrected chi connectivity index (χ0v) is 14.1. The molecule has 24 heavy (non-hydrogen) atoms. The Morgan fingerprint density at radius 2 is 1.83 bits per heavy atom. The third kappa shape index (κ3) is 6.20. The fraction of sp³-hybridized carbons (Fsp3) is 0.556. The van der Waals surface area contributed by atoms with Gasteiger partial charge in [-0.3, -0.25) is 9.59 Å². The Kier molecular flexibility index (Phi) is 7.55. The summed E-state index contributed by atoms with van der Waals surface area (Å²) in [7, 11) is 0. The van der Waals surface area contributed by atoms with Crippen LogP contribution < -0.4 is 15.8 Å². The molecule has 1 saturated heterocycles. The first-order valence-electron chi connectivity index (χ1n) is 8.67. The summed E-state index contributed by atoms with van der Waals surface area (Å²) in [6.07, 6.45) is 6.13. The van der Waals surface area contributed by atoms with Crippen LogP contribution in [0.3, 0.4) is 0 Å². The topological polar surface area (TPSA) is 84.7 Å². The summed E-state index contributed by atoms with van der Waals surface area (Å²) in [4.78, 5) is 25.6. The second-order valence-electron chi connectivity index (χ2n) is 6.12. The number of benzene rings is 1. The number of carbonyl (C=O) groups is 2. The number of para-hydroxylation sites is 1. The number of nitrogens with one attached hydrogen (secondary N) is 1. The molecule has 0 aliphatic carbocycles. The van der Waals surface area contributed by atoms with E-state index in [9.17, 15) is 9.59 Å². The van der Waals surface area contributed by atoms with E-state index in [-0.39, 0.29) is 12.5 Å². The van der Waals surface area contributed by atoms with Crippen molar-refractivity contribution in [2.45, 2.75) is 32.1 Å². The van der Waals surface area contributed by atoms with Crippen molar-refractivity contribution < 1.29 is 14.3 Å². The molecule has 2 amide bonds. The summed E-state index contributed by atoms with van der Waals surface area (Å²) in [5.74, 6) is -0.380. The molecule has 132 valence electrons. The predicted octanol–water partition coefficient (Wildman–Crippen LogP) is 1.55. The number of nitrogens with two attached hydrogens (primary N) is 1. The maximum absolute atomic E-state index is 12.3. The number of hydrogen-bond donors (Lipinski definition) is 2. The molecular formula is C18H27N3O3. The molecule has 0 aromatic heterocycles. The Labute approximate surface area is 143 Å². The minimum absolute atomic E-state index is 0.189. The smallest absolute Gasteiger partial charge is 0.255 e. The van der Waals surface area contributed by atoms with E-state index in [0.717, 1.165) is 26.1 Å². The number of hydrogen-bond acceptors (Lipinski definition) is 4. The molecule has 6 heteroatoms. The first-order chi connectivity index (χ1) is 11.7. The van der Waals surface area contributed by atoms with E-state index in [2.05, 4.69) is 10.2 Å². The quantitative estimate of drug-likeness (QED) is 0.707. The Morgan fingerprint density at radius 3 is 2.54 bits per heavy atom. The third-order valence-corrected chi connectivity index (χ3v) is 4.14. The maximum Gasteiger partial charge on any atom is 0.255 e. The van der Waals surface area contributed by atoms with Gasteiger partial charge >= 0.3 is 0 Å². The molecule has 0 atom stereocenters. The average molecular weight is 333 g/mol. The molecule has 0 unspecified atom stereocenters. The first-order valence-corrected chi connectivity index (χ1v) is 8.67. The molecule has 0 bridgehead atoms. The Hall–Kier alpha value is -2.08. The Bertz CT molecular complexity index is 540. The molecule has 1 fully saturated rings. The van der Waals surface area contributed by atoms with Crippen LogP contribution >= 0.6 is 0 Å². The van der Waals surface area contributed by atoms with Crippen molar-refractivity contribution in [2.24, 2.45) is 5.73 Å². The van der Waals surface area contributed by atoms with Crippen molar-refractivity contribution >= 4 is 11.8 Å². The first kappa shape index (κ1) is 18.3. The van der Waals surface area contributed by atoms with Crippen molar-refractivity contribution in [2.75, 3.05) is 32.8 Å². The van der Waals surface area contributed by atoms with E-state index in [4.69, 9.17) is 10.5 Å². The molecule has 1 heterocycles. The van der Waals surface area contributed by atoms with Crippen molar-refractivity contribution in [1.82, 2.24) is 10.2 Å². The second-order valence-corrected chi connectivity index (χ2v) is 6.12. The molecule has 0 saturated carbocycles. The monoisotopic (exact) mass is 333 g/mol. The van der Waals surface area contributed by atoms with Crippen LogP contribution in [0.2, 0.25) is 0 Å². The molecule has 2 rings (SSSR count). The minimum atomic E-state index is -0.567. The van der Waals surface area contributed by atoms with Crippen LogP contribution in [-0.4, -0.2) is 49.5 Å². The van der Waals surface area contributed by atoms with Gasteiger partial charge in [-0.15, -0.1) is 0 Å². The fourth-order valence-electron chi connectivity index (χ4n) is 2.89. The number of amides is 2. The standard InChI is InChI=1S/C18H27N3O3/c19-17(22)14-24-16-9-4-3-8-15(16)18(23)20-10-7-13-21-11-5-1-2-6-12-21/h3-4,8-9H,1-2,5-7,10-14H2,(H2,19,22)(H,20,23). The van der Waals surface area contributed by atoms with E-state index in [1.807, 2.05) is 0 Å². The summed E-state index contributed by atoms with van der Waals surface area (Å²) in [5.41, 5.74) is 5.50. The summed E-state index contributed by atoms with van der Waals surface area (Å²) in [6, 6.07) is 6.87. The van der Waals surface area contributed by atoms with Crippen LogP contribution in [0.4, 0.5) is 0 Å². The molecular weight excluding hydrogens is 306 g/mol. The zero-order chi connectivity index (χ0) is 17.2. The van der Waals surface area contributed by atoms with Crippen molar-refractivity contribution in [1.29, 1.82) is 0 Å². The molecule has 1 aliphatic rings. The molecule has 0 spiro atoms. The predicted molar refractivity (Wildman–Crippen MR) is 93.0 cm³/mol. The van der Waals surface area contributed by atoms with Gasteiger partial charge in [0.05, 0.1) is 5.56 Å². The van der Waals surface area contributed by atoms with Gasteiger partial charge in [0, 0.05) is 6.54 Å². The third-order valence-electron chi connectivity index (χ3n) is 4.14. The number of primary amides is 1. The van der Waals surface area contributed by atoms with E-state index >= 15 is 0 Å². The molecule has 0 radical (unpaired) electrons. The van der Waals surface area contributed by atoms with Crippen LogP contribution in [0.1, 0.15) is 42.5 Å². The highest BCUT2D eigenvalue weighted by molar-refractivity contribution is 5.97. The SMILES string of the molecule is NC(=O)COc1ccccc1C(=O)NCCCN1CCCCCC1. The lowest BCUT2D eigenvalue weighted by Crippen LogP contribution is -2.31. The van der Waals surface area contributed by atoms with Gasteiger partial charge in [-0.25, -0.2) is 0 Å². The molecule has 1 aromatic rings. The lowest BCUT2D eigenvalue weighted by atomic mass is 10.2. The van der Waals surface area contributed by atoms with Crippen LogP contribution in [0.25, 0.3) is 0 Å². The zero-order valence-electron chi connectivity index (χ0n) is 14.1. The minimum Gasteiger partial charge on any atom is -0.483 e. The fourth-order valence-corrected chi connectivity index (χ4v) is 2.89. The van der Waals surface area contributed by atoms with Crippen LogP contribution in [-0.2, 0) is 4.79 Å². The summed E-state index contributed by atoms with van der Waals surface area (Å²) in [5, 5.41) is 2.92. The highest BCUT2D eigenvalue weighted by Gasteiger charge is 2.13. The number of nitrogens with zero attached hydrogens (tertiary/aromatic N) is 1. The van der Waals surface area contributed by atoms with E-state index in [1.54, 1.807) is 24.3 Å². The van der Waals surface area contributed by atoms with Crippen LogP contribution in [0.5, 0.6) is 5.75 Å². The van der Waals surface area contributed by atoms with E-state index in [0.29, 0.717) is 17.9 Å². The van der Waals surface area contributed by atoms with Gasteiger partial charge in [0.2, 0.25) is 0 Å². The average Bonchev–Trinajstić information content (AvgIpc) is 2.85. The van der Waals surface area contributed by atoms with E-state index in [1.165, 1.54) is 25.7 Å². The van der Waals surface area contributed by atoms with Gasteiger partial charge in [0.15, 0.2) is 6.61 Å². The maximum atomic E-state index is 12.3. The van der Waals surface area contributed by atoms with Crippen molar-refractivity contribution in [3.05, 3.63) is 29.8 Å². The van der Waals surface area contributed by atoms with Crippen molar-refractivity contribution in [3.8, 4) is 5.75 Å². The van der Waals surface area contributed by atoms with Gasteiger partial charge in [-0.1, -0.05) is 25.0 Å². The van der Waals surface area contributed by atoms with Gasteiger partial charge in [-0.2, -0.15) is 0 Å². The molecule has 6 nitrogen and oxygen atoms in total. The molecule has 3 N–H and O–H groups in total. The van der Waals surface area contributed by atoms with Crippen molar-refractivity contribution in [3.63, 3.8) is 0 Å². The molecule has 1 aliphatic heterocycles. The largest absolute Gasteiger partial charge is 0.483 e. The van der Waals surface area contributed by atoms with Crippen LogP contribution in [0.15, 0.2) is 24.3 Å². The van der Waals surface area contributed by atoms with Gasteiger partial charge in [0.25, 0.3) is 11.8 Å². The normalized spacial score (nSPS) is 15.5. The van der Waals surface area contributed by atoms with E-state index < -0.39 is 5.91 Å². The number of ether oxygens (including phenoxy) is 1. The van der Waals surface area contributed by atoms with Gasteiger partial charge < -0.3 is 20.7 Å². The Morgan fingerprint density at radius 1 is 1.12 bits per heavy atom. The lowest BCUT2D eigenvalue weighted by molar-refractivity contribution is -0.119. The number of rotatable bonds is 8. The highest BCUT2D eigenvalue weighted by atomic mass is 16.5. The summed E-state index contributed by atoms with van der Waals surface area (Å²) >= 11 is 0. The number of carbonyl (C=O) groups excluding carboxylic acids is 2. The lowest BCUT2D eigenvalue weighted by Gasteiger charge is -2.19. The summed E-state index contributed by atoms with van der Waals surface area (Å²) < 4.78 is 5.29. The Balaban J connectivity index is 1.76. The molecule has 1 aromatic carbocycles. The second kappa shape index (κ2) is 9.93. The summed E-state index contributed by atoms with van der Waals surface area (Å²) in [6.45, 7) is 3.73. The van der Waals surface area contributed by atoms with Crippen LogP contribution in [0, 0.1) is 0 Å². The van der Waals surface area contributed by atoms with Gasteiger partial charge in [-0.05, 0) is 51.0 Å².